The number of methoxy groups -OCH3 is 1. The van der Waals surface area contributed by atoms with Gasteiger partial charge in [-0.3, -0.25) is 14.9 Å². The summed E-state index contributed by atoms with van der Waals surface area (Å²) in [4.78, 5) is 22.9. The molecular weight excluding hydrogens is 222 g/mol. The van der Waals surface area contributed by atoms with Crippen LogP contribution in [0, 0.1) is 5.92 Å². The SMILES string of the molecule is COCC(NC(=O)C1CNC(=O)CN1)C(C)C. The van der Waals surface area contributed by atoms with Crippen molar-refractivity contribution in [2.75, 3.05) is 26.8 Å². The predicted molar refractivity (Wildman–Crippen MR) is 63.4 cm³/mol. The van der Waals surface area contributed by atoms with Crippen molar-refractivity contribution in [3.05, 3.63) is 0 Å². The van der Waals surface area contributed by atoms with E-state index in [-0.39, 0.29) is 30.4 Å². The third-order valence-corrected chi connectivity index (χ3v) is 2.81. The lowest BCUT2D eigenvalue weighted by molar-refractivity contribution is -0.127. The zero-order valence-electron chi connectivity index (χ0n) is 10.6. The number of carbonyl (C=O) groups excluding carboxylic acids is 2. The molecule has 1 aliphatic heterocycles. The third-order valence-electron chi connectivity index (χ3n) is 2.81. The van der Waals surface area contributed by atoms with Crippen LogP contribution in [0.4, 0.5) is 0 Å². The molecule has 0 aromatic rings. The molecule has 1 heterocycles. The van der Waals surface area contributed by atoms with E-state index in [2.05, 4.69) is 16.0 Å². The van der Waals surface area contributed by atoms with Gasteiger partial charge in [-0.25, -0.2) is 0 Å². The highest BCUT2D eigenvalue weighted by Gasteiger charge is 2.26. The minimum Gasteiger partial charge on any atom is -0.383 e. The fourth-order valence-corrected chi connectivity index (χ4v) is 1.62. The molecule has 17 heavy (non-hydrogen) atoms. The Kier molecular flexibility index (Phi) is 5.37. The van der Waals surface area contributed by atoms with E-state index in [1.54, 1.807) is 7.11 Å². The summed E-state index contributed by atoms with van der Waals surface area (Å²) in [5.74, 6) is 0.129. The zero-order chi connectivity index (χ0) is 12.8. The highest BCUT2D eigenvalue weighted by atomic mass is 16.5. The molecule has 0 spiro atoms. The average molecular weight is 243 g/mol. The summed E-state index contributed by atoms with van der Waals surface area (Å²) >= 11 is 0. The maximum Gasteiger partial charge on any atom is 0.239 e. The van der Waals surface area contributed by atoms with Gasteiger partial charge in [0, 0.05) is 13.7 Å². The fraction of sp³-hybridized carbons (Fsp3) is 0.818. The summed E-state index contributed by atoms with van der Waals surface area (Å²) in [6, 6.07) is -0.363. The summed E-state index contributed by atoms with van der Waals surface area (Å²) in [6.07, 6.45) is 0. The van der Waals surface area contributed by atoms with Crippen molar-refractivity contribution in [2.24, 2.45) is 5.92 Å². The Morgan fingerprint density at radius 3 is 2.76 bits per heavy atom. The standard InChI is InChI=1S/C11H21N3O3/c1-7(2)9(6-17-3)14-11(16)8-4-13-10(15)5-12-8/h7-9,12H,4-6H2,1-3H3,(H,13,15)(H,14,16). The van der Waals surface area contributed by atoms with Gasteiger partial charge in [0.05, 0.1) is 19.2 Å². The van der Waals surface area contributed by atoms with Gasteiger partial charge in [-0.15, -0.1) is 0 Å². The van der Waals surface area contributed by atoms with Gasteiger partial charge < -0.3 is 15.4 Å². The first-order valence-electron chi connectivity index (χ1n) is 5.84. The Bertz CT molecular complexity index is 271. The average Bonchev–Trinajstić information content (AvgIpc) is 2.29. The summed E-state index contributed by atoms with van der Waals surface area (Å²) in [7, 11) is 1.61. The Hall–Kier alpha value is -1.14. The molecule has 1 aliphatic rings. The number of hydrogen-bond donors (Lipinski definition) is 3. The molecular formula is C11H21N3O3. The lowest BCUT2D eigenvalue weighted by Gasteiger charge is -2.27. The second-order valence-corrected chi connectivity index (χ2v) is 4.55. The summed E-state index contributed by atoms with van der Waals surface area (Å²) in [6.45, 7) is 5.07. The first-order valence-corrected chi connectivity index (χ1v) is 5.84. The van der Waals surface area contributed by atoms with Crippen LogP contribution >= 0.6 is 0 Å². The molecule has 1 rings (SSSR count). The van der Waals surface area contributed by atoms with Crippen LogP contribution in [0.15, 0.2) is 0 Å². The zero-order valence-corrected chi connectivity index (χ0v) is 10.6. The van der Waals surface area contributed by atoms with Gasteiger partial charge in [0.25, 0.3) is 0 Å². The van der Waals surface area contributed by atoms with E-state index in [4.69, 9.17) is 4.74 Å². The maximum atomic E-state index is 11.9. The number of ether oxygens (including phenoxy) is 1. The smallest absolute Gasteiger partial charge is 0.239 e. The van der Waals surface area contributed by atoms with Gasteiger partial charge in [-0.2, -0.15) is 0 Å². The quantitative estimate of drug-likeness (QED) is 0.570. The van der Waals surface area contributed by atoms with Crippen LogP contribution in [0.2, 0.25) is 0 Å². The maximum absolute atomic E-state index is 11.9. The molecule has 6 nitrogen and oxygen atoms in total. The monoisotopic (exact) mass is 243 g/mol. The van der Waals surface area contributed by atoms with Crippen LogP contribution in [0.25, 0.3) is 0 Å². The molecule has 2 unspecified atom stereocenters. The van der Waals surface area contributed by atoms with Crippen molar-refractivity contribution in [3.8, 4) is 0 Å². The minimum absolute atomic E-state index is 0.00747. The van der Waals surface area contributed by atoms with E-state index in [1.165, 1.54) is 0 Å². The molecule has 0 aromatic carbocycles. The topological polar surface area (TPSA) is 79.5 Å². The van der Waals surface area contributed by atoms with Crippen molar-refractivity contribution in [1.29, 1.82) is 0 Å². The summed E-state index contributed by atoms with van der Waals surface area (Å²) in [5.41, 5.74) is 0. The number of amides is 2. The van der Waals surface area contributed by atoms with Crippen LogP contribution in [-0.4, -0.2) is 50.7 Å². The first kappa shape index (κ1) is 13.9. The van der Waals surface area contributed by atoms with Crippen LogP contribution in [0.3, 0.4) is 0 Å². The van der Waals surface area contributed by atoms with Crippen LogP contribution in [0.5, 0.6) is 0 Å². The molecule has 0 aliphatic carbocycles. The van der Waals surface area contributed by atoms with Crippen molar-refractivity contribution < 1.29 is 14.3 Å². The van der Waals surface area contributed by atoms with E-state index in [9.17, 15) is 9.59 Å². The Morgan fingerprint density at radius 2 is 2.29 bits per heavy atom. The molecule has 0 radical (unpaired) electrons. The Morgan fingerprint density at radius 1 is 1.59 bits per heavy atom. The van der Waals surface area contributed by atoms with Crippen molar-refractivity contribution in [2.45, 2.75) is 25.9 Å². The van der Waals surface area contributed by atoms with Crippen LogP contribution < -0.4 is 16.0 Å². The molecule has 3 N–H and O–H groups in total. The highest BCUT2D eigenvalue weighted by molar-refractivity contribution is 5.86. The molecule has 1 fully saturated rings. The van der Waals surface area contributed by atoms with Crippen molar-refractivity contribution >= 4 is 11.8 Å². The Balaban J connectivity index is 2.43. The van der Waals surface area contributed by atoms with Crippen molar-refractivity contribution in [3.63, 3.8) is 0 Å². The van der Waals surface area contributed by atoms with Crippen LogP contribution in [-0.2, 0) is 14.3 Å². The van der Waals surface area contributed by atoms with E-state index in [0.717, 1.165) is 0 Å². The van der Waals surface area contributed by atoms with Crippen molar-refractivity contribution in [1.82, 2.24) is 16.0 Å². The number of hydrogen-bond acceptors (Lipinski definition) is 4. The molecule has 6 heteroatoms. The fourth-order valence-electron chi connectivity index (χ4n) is 1.62. The molecule has 0 aromatic heterocycles. The van der Waals surface area contributed by atoms with Crippen LogP contribution in [0.1, 0.15) is 13.8 Å². The number of rotatable bonds is 5. The molecule has 0 bridgehead atoms. The second kappa shape index (κ2) is 6.56. The molecule has 0 saturated carbocycles. The number of carbonyl (C=O) groups is 2. The van der Waals surface area contributed by atoms with Gasteiger partial charge in [-0.05, 0) is 5.92 Å². The lowest BCUT2D eigenvalue weighted by Crippen LogP contribution is -2.59. The van der Waals surface area contributed by atoms with Gasteiger partial charge in [0.1, 0.15) is 6.04 Å². The molecule has 1 saturated heterocycles. The summed E-state index contributed by atoms with van der Waals surface area (Å²) < 4.78 is 5.07. The number of nitrogens with one attached hydrogen (secondary N) is 3. The van der Waals surface area contributed by atoms with Gasteiger partial charge in [-0.1, -0.05) is 13.8 Å². The predicted octanol–water partition coefficient (Wildman–Crippen LogP) is -1.14. The third kappa shape index (κ3) is 4.32. The van der Waals surface area contributed by atoms with E-state index in [1.807, 2.05) is 13.8 Å². The van der Waals surface area contributed by atoms with E-state index in [0.29, 0.717) is 19.1 Å². The molecule has 2 amide bonds. The molecule has 2 atom stereocenters. The van der Waals surface area contributed by atoms with E-state index >= 15 is 0 Å². The van der Waals surface area contributed by atoms with Gasteiger partial charge in [0.2, 0.25) is 11.8 Å². The molecule has 98 valence electrons. The lowest BCUT2D eigenvalue weighted by atomic mass is 10.0. The highest BCUT2D eigenvalue weighted by Crippen LogP contribution is 2.02. The second-order valence-electron chi connectivity index (χ2n) is 4.55. The summed E-state index contributed by atoms with van der Waals surface area (Å²) in [5, 5.41) is 8.47. The normalized spacial score (nSPS) is 22.1. The minimum atomic E-state index is -0.356. The van der Waals surface area contributed by atoms with Gasteiger partial charge in [0.15, 0.2) is 0 Å². The van der Waals surface area contributed by atoms with Gasteiger partial charge >= 0.3 is 0 Å². The number of piperazine rings is 1. The largest absolute Gasteiger partial charge is 0.383 e. The van der Waals surface area contributed by atoms with E-state index < -0.39 is 0 Å². The first-order chi connectivity index (χ1) is 8.04. The Labute approximate surface area is 101 Å².